The van der Waals surface area contributed by atoms with Crippen molar-refractivity contribution in [2.75, 3.05) is 27.9 Å². The van der Waals surface area contributed by atoms with E-state index in [0.29, 0.717) is 45.4 Å². The molecule has 0 atom stereocenters. The number of halogens is 1. The molecule has 1 aliphatic heterocycles. The Hall–Kier alpha value is -4.33. The Labute approximate surface area is 195 Å². The normalized spacial score (nSPS) is 13.3. The summed E-state index contributed by atoms with van der Waals surface area (Å²) < 4.78 is 40.4. The number of Topliss-reactive ketones (excluding diaryl/α,β-unsaturated/α-hetero) is 2. The summed E-state index contributed by atoms with van der Waals surface area (Å²) in [7, 11) is 4.51. The van der Waals surface area contributed by atoms with Crippen molar-refractivity contribution in [1.29, 1.82) is 0 Å². The van der Waals surface area contributed by atoms with Crippen LogP contribution in [0, 0.1) is 5.82 Å². The molecular formula is C26H21FO7. The van der Waals surface area contributed by atoms with Gasteiger partial charge in [0.1, 0.15) is 17.3 Å². The lowest BCUT2D eigenvalue weighted by atomic mass is 10.1. The van der Waals surface area contributed by atoms with E-state index in [1.165, 1.54) is 45.6 Å². The second kappa shape index (κ2) is 9.66. The van der Waals surface area contributed by atoms with Crippen LogP contribution in [0.2, 0.25) is 0 Å². The Morgan fingerprint density at radius 1 is 0.941 bits per heavy atom. The molecule has 0 saturated carbocycles. The van der Waals surface area contributed by atoms with Gasteiger partial charge < -0.3 is 23.7 Å². The average Bonchev–Trinajstić information content (AvgIpc) is 3.16. The molecule has 0 aliphatic carbocycles. The molecule has 0 fully saturated rings. The Balaban J connectivity index is 1.51. The molecule has 1 aliphatic rings. The number of ether oxygens (including phenoxy) is 5. The lowest BCUT2D eigenvalue weighted by molar-refractivity contribution is 0.0920. The summed E-state index contributed by atoms with van der Waals surface area (Å²) in [5.41, 5.74) is 1.33. The van der Waals surface area contributed by atoms with Gasteiger partial charge in [-0.05, 0) is 60.2 Å². The van der Waals surface area contributed by atoms with Gasteiger partial charge in [0.25, 0.3) is 0 Å². The van der Waals surface area contributed by atoms with Crippen LogP contribution in [-0.4, -0.2) is 39.5 Å². The lowest BCUT2D eigenvalue weighted by Gasteiger charge is -2.13. The Kier molecular flexibility index (Phi) is 6.49. The van der Waals surface area contributed by atoms with E-state index in [2.05, 4.69) is 0 Å². The van der Waals surface area contributed by atoms with Crippen LogP contribution in [0.5, 0.6) is 28.7 Å². The van der Waals surface area contributed by atoms with Crippen LogP contribution < -0.4 is 23.7 Å². The van der Waals surface area contributed by atoms with Crippen molar-refractivity contribution < 1.29 is 37.7 Å². The third-order valence-corrected chi connectivity index (χ3v) is 5.16. The van der Waals surface area contributed by atoms with Gasteiger partial charge in [0.05, 0.1) is 26.9 Å². The zero-order valence-corrected chi connectivity index (χ0v) is 18.7. The maximum absolute atomic E-state index is 13.0. The second-order valence-electron chi connectivity index (χ2n) is 7.28. The van der Waals surface area contributed by atoms with E-state index in [0.717, 1.165) is 0 Å². The molecule has 8 heteroatoms. The molecule has 174 valence electrons. The summed E-state index contributed by atoms with van der Waals surface area (Å²) in [5.74, 6) is 1.09. The largest absolute Gasteiger partial charge is 0.493 e. The smallest absolute Gasteiger partial charge is 0.231 e. The second-order valence-corrected chi connectivity index (χ2v) is 7.28. The molecule has 0 bridgehead atoms. The van der Waals surface area contributed by atoms with E-state index in [4.69, 9.17) is 23.7 Å². The fourth-order valence-corrected chi connectivity index (χ4v) is 3.46. The summed E-state index contributed by atoms with van der Waals surface area (Å²) in [6, 6.07) is 13.3. The summed E-state index contributed by atoms with van der Waals surface area (Å²) in [5, 5.41) is 0. The predicted molar refractivity (Wildman–Crippen MR) is 122 cm³/mol. The molecule has 3 aromatic carbocycles. The van der Waals surface area contributed by atoms with Crippen LogP contribution in [0.3, 0.4) is 0 Å². The lowest BCUT2D eigenvalue weighted by Crippen LogP contribution is -2.11. The van der Waals surface area contributed by atoms with Crippen LogP contribution in [0.25, 0.3) is 6.08 Å². The molecule has 3 aromatic rings. The minimum atomic E-state index is -0.423. The van der Waals surface area contributed by atoms with Crippen molar-refractivity contribution in [2.24, 2.45) is 0 Å². The van der Waals surface area contributed by atoms with E-state index < -0.39 is 5.82 Å². The van der Waals surface area contributed by atoms with E-state index in [1.807, 2.05) is 0 Å². The number of carbonyl (C=O) groups is 2. The standard InChI is InChI=1S/C26H21FO7/c1-30-23-11-15(12-24(31-2)26(23)32-3)10-22-25(29)19-9-8-18(13-21(19)34-22)33-14-20(28)16-4-6-17(27)7-5-16/h4-13H,14H2,1-3H3. The highest BCUT2D eigenvalue weighted by atomic mass is 19.1. The average molecular weight is 464 g/mol. The fraction of sp³-hybridized carbons (Fsp3) is 0.154. The quantitative estimate of drug-likeness (QED) is 0.352. The van der Waals surface area contributed by atoms with Crippen molar-refractivity contribution >= 4 is 17.6 Å². The first-order chi connectivity index (χ1) is 16.4. The highest BCUT2D eigenvalue weighted by molar-refractivity contribution is 6.14. The van der Waals surface area contributed by atoms with Crippen molar-refractivity contribution in [3.63, 3.8) is 0 Å². The van der Waals surface area contributed by atoms with Gasteiger partial charge in [0, 0.05) is 11.6 Å². The molecular weight excluding hydrogens is 443 g/mol. The number of rotatable bonds is 8. The van der Waals surface area contributed by atoms with Gasteiger partial charge in [-0.25, -0.2) is 4.39 Å². The zero-order chi connectivity index (χ0) is 24.2. The number of carbonyl (C=O) groups excluding carboxylic acids is 2. The minimum Gasteiger partial charge on any atom is -0.493 e. The molecule has 0 radical (unpaired) electrons. The van der Waals surface area contributed by atoms with Gasteiger partial charge in [-0.2, -0.15) is 0 Å². The summed E-state index contributed by atoms with van der Waals surface area (Å²) in [4.78, 5) is 25.1. The minimum absolute atomic E-state index is 0.115. The van der Waals surface area contributed by atoms with Crippen molar-refractivity contribution in [2.45, 2.75) is 0 Å². The summed E-state index contributed by atoms with van der Waals surface area (Å²) >= 11 is 0. The molecule has 0 aromatic heterocycles. The monoisotopic (exact) mass is 464 g/mol. The van der Waals surface area contributed by atoms with Crippen molar-refractivity contribution in [3.05, 3.63) is 82.9 Å². The van der Waals surface area contributed by atoms with Crippen molar-refractivity contribution in [3.8, 4) is 28.7 Å². The van der Waals surface area contributed by atoms with E-state index in [1.54, 1.807) is 36.4 Å². The van der Waals surface area contributed by atoms with Crippen LogP contribution in [0.15, 0.2) is 60.4 Å². The Morgan fingerprint density at radius 3 is 2.24 bits per heavy atom. The molecule has 34 heavy (non-hydrogen) atoms. The summed E-state index contributed by atoms with van der Waals surface area (Å²) in [6.45, 7) is -0.244. The first-order valence-electron chi connectivity index (χ1n) is 10.2. The highest BCUT2D eigenvalue weighted by Gasteiger charge is 2.28. The van der Waals surface area contributed by atoms with Gasteiger partial charge in [-0.3, -0.25) is 9.59 Å². The Bertz CT molecular complexity index is 1250. The van der Waals surface area contributed by atoms with Gasteiger partial charge in [-0.1, -0.05) is 0 Å². The van der Waals surface area contributed by atoms with Crippen molar-refractivity contribution in [1.82, 2.24) is 0 Å². The first-order valence-corrected chi connectivity index (χ1v) is 10.2. The van der Waals surface area contributed by atoms with E-state index in [9.17, 15) is 14.0 Å². The van der Waals surface area contributed by atoms with Crippen LogP contribution >= 0.6 is 0 Å². The number of hydrogen-bond donors (Lipinski definition) is 0. The van der Waals surface area contributed by atoms with E-state index in [-0.39, 0.29) is 23.9 Å². The predicted octanol–water partition coefficient (Wildman–Crippen LogP) is 4.73. The molecule has 0 spiro atoms. The molecule has 1 heterocycles. The summed E-state index contributed by atoms with van der Waals surface area (Å²) in [6.07, 6.45) is 1.57. The number of fused-ring (bicyclic) bond motifs is 1. The van der Waals surface area contributed by atoms with Gasteiger partial charge in [-0.15, -0.1) is 0 Å². The number of ketones is 2. The first kappa shape index (κ1) is 22.8. The fourth-order valence-electron chi connectivity index (χ4n) is 3.46. The van der Waals surface area contributed by atoms with Crippen LogP contribution in [0.1, 0.15) is 26.3 Å². The Morgan fingerprint density at radius 2 is 1.62 bits per heavy atom. The molecule has 0 saturated heterocycles. The third kappa shape index (κ3) is 4.56. The maximum atomic E-state index is 13.0. The van der Waals surface area contributed by atoms with Crippen LogP contribution in [0.4, 0.5) is 4.39 Å². The van der Waals surface area contributed by atoms with Gasteiger partial charge in [0.15, 0.2) is 29.6 Å². The molecule has 7 nitrogen and oxygen atoms in total. The van der Waals surface area contributed by atoms with Gasteiger partial charge >= 0.3 is 0 Å². The van der Waals surface area contributed by atoms with E-state index >= 15 is 0 Å². The topological polar surface area (TPSA) is 80.3 Å². The number of benzene rings is 3. The highest BCUT2D eigenvalue weighted by Crippen LogP contribution is 2.40. The SMILES string of the molecule is COc1cc(C=C2Oc3cc(OCC(=O)c4ccc(F)cc4)ccc3C2=O)cc(OC)c1OC. The number of allylic oxidation sites excluding steroid dienone is 1. The molecule has 0 amide bonds. The zero-order valence-electron chi connectivity index (χ0n) is 18.7. The van der Waals surface area contributed by atoms with Crippen LogP contribution in [-0.2, 0) is 0 Å². The maximum Gasteiger partial charge on any atom is 0.231 e. The third-order valence-electron chi connectivity index (χ3n) is 5.16. The number of methoxy groups -OCH3 is 3. The van der Waals surface area contributed by atoms with Gasteiger partial charge in [0.2, 0.25) is 11.5 Å². The molecule has 4 rings (SSSR count). The number of hydrogen-bond acceptors (Lipinski definition) is 7. The molecule has 0 N–H and O–H groups in total. The molecule has 0 unspecified atom stereocenters.